The Bertz CT molecular complexity index is 903. The van der Waals surface area contributed by atoms with E-state index in [9.17, 15) is 18.8 Å². The minimum Gasteiger partial charge on any atom is -0.484 e. The number of hydrogen-bond acceptors (Lipinski definition) is 4. The van der Waals surface area contributed by atoms with E-state index in [4.69, 9.17) is 4.74 Å². The fourth-order valence-electron chi connectivity index (χ4n) is 3.56. The maximum Gasteiger partial charge on any atom is 0.329 e. The van der Waals surface area contributed by atoms with Crippen LogP contribution in [0.4, 0.5) is 14.9 Å². The van der Waals surface area contributed by atoms with Gasteiger partial charge in [0.1, 0.15) is 17.6 Å². The van der Waals surface area contributed by atoms with Crippen LogP contribution in [0.3, 0.4) is 0 Å². The van der Waals surface area contributed by atoms with Gasteiger partial charge in [-0.1, -0.05) is 18.2 Å². The number of urea groups is 1. The van der Waals surface area contributed by atoms with Crippen molar-refractivity contribution in [2.45, 2.75) is 18.5 Å². The number of nitrogens with one attached hydrogen (secondary N) is 1. The highest BCUT2D eigenvalue weighted by Gasteiger charge is 2.49. The molecular formula is C20H18FN3O4. The van der Waals surface area contributed by atoms with Crippen molar-refractivity contribution in [1.82, 2.24) is 10.2 Å². The molecule has 0 spiro atoms. The maximum atomic E-state index is 13.2. The molecule has 144 valence electrons. The van der Waals surface area contributed by atoms with Crippen LogP contribution in [0.25, 0.3) is 0 Å². The lowest BCUT2D eigenvalue weighted by Gasteiger charge is -2.36. The molecule has 4 rings (SSSR count). The SMILES string of the molecule is O=C1N[C@@H]2CCN(C(=O)COc3ccccc3)[C@@H]2C(=O)N1c1ccc(F)cc1. The number of halogens is 1. The second-order valence-electron chi connectivity index (χ2n) is 6.63. The highest BCUT2D eigenvalue weighted by molar-refractivity contribution is 6.19. The van der Waals surface area contributed by atoms with Crippen LogP contribution in [0.15, 0.2) is 54.6 Å². The number of nitrogens with zero attached hydrogens (tertiary/aromatic N) is 2. The number of amides is 4. The second kappa shape index (κ2) is 7.30. The molecule has 0 saturated carbocycles. The Kier molecular flexibility index (Phi) is 4.68. The fourth-order valence-corrected chi connectivity index (χ4v) is 3.56. The first-order valence-corrected chi connectivity index (χ1v) is 8.92. The molecule has 4 amide bonds. The van der Waals surface area contributed by atoms with E-state index in [1.807, 2.05) is 6.07 Å². The third-order valence-corrected chi connectivity index (χ3v) is 4.89. The number of ether oxygens (including phenoxy) is 1. The van der Waals surface area contributed by atoms with Gasteiger partial charge in [-0.15, -0.1) is 0 Å². The summed E-state index contributed by atoms with van der Waals surface area (Å²) in [4.78, 5) is 40.5. The van der Waals surface area contributed by atoms with E-state index < -0.39 is 29.8 Å². The van der Waals surface area contributed by atoms with Gasteiger partial charge in [0.2, 0.25) is 0 Å². The summed E-state index contributed by atoms with van der Waals surface area (Å²) in [7, 11) is 0. The van der Waals surface area contributed by atoms with Crippen LogP contribution in [0.2, 0.25) is 0 Å². The maximum absolute atomic E-state index is 13.2. The number of rotatable bonds is 4. The van der Waals surface area contributed by atoms with Crippen molar-refractivity contribution in [3.63, 3.8) is 0 Å². The molecule has 2 heterocycles. The first-order chi connectivity index (χ1) is 13.5. The van der Waals surface area contributed by atoms with Crippen molar-refractivity contribution >= 4 is 23.5 Å². The molecule has 2 saturated heterocycles. The molecule has 2 fully saturated rings. The van der Waals surface area contributed by atoms with Crippen LogP contribution in [-0.4, -0.2) is 48.0 Å². The summed E-state index contributed by atoms with van der Waals surface area (Å²) in [6, 6.07) is 12.1. The van der Waals surface area contributed by atoms with E-state index in [-0.39, 0.29) is 18.2 Å². The monoisotopic (exact) mass is 383 g/mol. The predicted molar refractivity (Wildman–Crippen MR) is 98.3 cm³/mol. The van der Waals surface area contributed by atoms with Gasteiger partial charge in [-0.05, 0) is 42.8 Å². The topological polar surface area (TPSA) is 79.0 Å². The molecule has 2 aliphatic heterocycles. The van der Waals surface area contributed by atoms with Crippen molar-refractivity contribution in [2.75, 3.05) is 18.1 Å². The molecule has 1 N–H and O–H groups in total. The van der Waals surface area contributed by atoms with Crippen LogP contribution in [0, 0.1) is 5.82 Å². The van der Waals surface area contributed by atoms with Gasteiger partial charge in [-0.25, -0.2) is 14.1 Å². The van der Waals surface area contributed by atoms with Gasteiger partial charge < -0.3 is 15.0 Å². The molecule has 0 aromatic heterocycles. The van der Waals surface area contributed by atoms with Crippen molar-refractivity contribution in [3.8, 4) is 5.75 Å². The number of anilines is 1. The van der Waals surface area contributed by atoms with Crippen LogP contribution < -0.4 is 15.0 Å². The Hall–Kier alpha value is -3.42. The van der Waals surface area contributed by atoms with Gasteiger partial charge in [0, 0.05) is 6.54 Å². The molecule has 2 aromatic carbocycles. The van der Waals surface area contributed by atoms with Crippen molar-refractivity contribution in [2.24, 2.45) is 0 Å². The summed E-state index contributed by atoms with van der Waals surface area (Å²) in [5.41, 5.74) is 0.252. The molecule has 8 heteroatoms. The molecule has 28 heavy (non-hydrogen) atoms. The van der Waals surface area contributed by atoms with Gasteiger partial charge in [0.15, 0.2) is 6.61 Å². The molecule has 0 bridgehead atoms. The summed E-state index contributed by atoms with van der Waals surface area (Å²) in [6.07, 6.45) is 0.483. The van der Waals surface area contributed by atoms with E-state index in [0.717, 1.165) is 4.90 Å². The molecule has 0 radical (unpaired) electrons. The minimum atomic E-state index is -0.811. The summed E-state index contributed by atoms with van der Waals surface area (Å²) < 4.78 is 18.7. The summed E-state index contributed by atoms with van der Waals surface area (Å²) >= 11 is 0. The zero-order valence-electron chi connectivity index (χ0n) is 14.9. The number of carbonyl (C=O) groups is 3. The summed E-state index contributed by atoms with van der Waals surface area (Å²) in [5, 5.41) is 2.77. The number of hydrogen-bond donors (Lipinski definition) is 1. The van der Waals surface area contributed by atoms with Gasteiger partial charge in [-0.3, -0.25) is 9.59 Å². The molecule has 2 aliphatic rings. The quantitative estimate of drug-likeness (QED) is 0.875. The van der Waals surface area contributed by atoms with Gasteiger partial charge in [0.05, 0.1) is 11.7 Å². The normalized spacial score (nSPS) is 21.3. The average Bonchev–Trinajstić information content (AvgIpc) is 3.12. The Morgan fingerprint density at radius 1 is 1.11 bits per heavy atom. The Morgan fingerprint density at radius 2 is 1.82 bits per heavy atom. The van der Waals surface area contributed by atoms with Crippen LogP contribution >= 0.6 is 0 Å². The lowest BCUT2D eigenvalue weighted by atomic mass is 10.0. The molecule has 0 aliphatic carbocycles. The number of likely N-dealkylation sites (tertiary alicyclic amines) is 1. The first kappa shape index (κ1) is 18.0. The minimum absolute atomic E-state index is 0.203. The number of benzene rings is 2. The fraction of sp³-hybridized carbons (Fsp3) is 0.250. The first-order valence-electron chi connectivity index (χ1n) is 8.92. The zero-order chi connectivity index (χ0) is 19.7. The number of fused-ring (bicyclic) bond motifs is 1. The highest BCUT2D eigenvalue weighted by Crippen LogP contribution is 2.28. The summed E-state index contributed by atoms with van der Waals surface area (Å²) in [5.74, 6) is -0.754. The molecule has 7 nitrogen and oxygen atoms in total. The number of para-hydroxylation sites is 1. The Balaban J connectivity index is 1.51. The van der Waals surface area contributed by atoms with E-state index in [2.05, 4.69) is 5.32 Å². The van der Waals surface area contributed by atoms with Crippen LogP contribution in [0.1, 0.15) is 6.42 Å². The van der Waals surface area contributed by atoms with E-state index >= 15 is 0 Å². The van der Waals surface area contributed by atoms with Crippen molar-refractivity contribution in [3.05, 3.63) is 60.4 Å². The predicted octanol–water partition coefficient (Wildman–Crippen LogP) is 1.93. The zero-order valence-corrected chi connectivity index (χ0v) is 14.9. The van der Waals surface area contributed by atoms with E-state index in [0.29, 0.717) is 18.7 Å². The van der Waals surface area contributed by atoms with Crippen LogP contribution in [-0.2, 0) is 9.59 Å². The van der Waals surface area contributed by atoms with E-state index in [1.54, 1.807) is 24.3 Å². The third-order valence-electron chi connectivity index (χ3n) is 4.89. The van der Waals surface area contributed by atoms with E-state index in [1.165, 1.54) is 29.2 Å². The largest absolute Gasteiger partial charge is 0.484 e. The Morgan fingerprint density at radius 3 is 2.54 bits per heavy atom. The summed E-state index contributed by atoms with van der Waals surface area (Å²) in [6.45, 7) is 0.139. The standard InChI is InChI=1S/C20H18FN3O4/c21-13-6-8-14(9-7-13)24-19(26)18-16(22-20(24)27)10-11-23(18)17(25)12-28-15-4-2-1-3-5-15/h1-9,16,18H,10-12H2,(H,22,27)/t16-,18+/m1/s1. The molecule has 0 unspecified atom stereocenters. The lowest BCUT2D eigenvalue weighted by molar-refractivity contribution is -0.139. The van der Waals surface area contributed by atoms with Gasteiger partial charge in [0.25, 0.3) is 11.8 Å². The second-order valence-corrected chi connectivity index (χ2v) is 6.63. The highest BCUT2D eigenvalue weighted by atomic mass is 19.1. The number of carbonyl (C=O) groups excluding carboxylic acids is 3. The third kappa shape index (κ3) is 3.28. The smallest absolute Gasteiger partial charge is 0.329 e. The molecule has 2 aromatic rings. The van der Waals surface area contributed by atoms with Crippen LogP contribution in [0.5, 0.6) is 5.75 Å². The number of imide groups is 1. The molecule has 2 atom stereocenters. The lowest BCUT2D eigenvalue weighted by Crippen LogP contribution is -2.65. The molecular weight excluding hydrogens is 365 g/mol. The van der Waals surface area contributed by atoms with Crippen molar-refractivity contribution < 1.29 is 23.5 Å². The average molecular weight is 383 g/mol. The van der Waals surface area contributed by atoms with Gasteiger partial charge in [-0.2, -0.15) is 0 Å². The Labute approximate surface area is 160 Å². The van der Waals surface area contributed by atoms with Crippen molar-refractivity contribution in [1.29, 1.82) is 0 Å². The van der Waals surface area contributed by atoms with Gasteiger partial charge >= 0.3 is 6.03 Å².